The Labute approximate surface area is 162 Å². The van der Waals surface area contributed by atoms with Gasteiger partial charge in [0.15, 0.2) is 0 Å². The lowest BCUT2D eigenvalue weighted by molar-refractivity contribution is -0.139. The lowest BCUT2D eigenvalue weighted by Crippen LogP contribution is -2.48. The van der Waals surface area contributed by atoms with E-state index in [2.05, 4.69) is 5.32 Å². The first-order valence-electron chi connectivity index (χ1n) is 8.84. The molecule has 0 aromatic heterocycles. The topological polar surface area (TPSA) is 67.9 Å². The first-order valence-corrected chi connectivity index (χ1v) is 8.84. The Morgan fingerprint density at radius 1 is 1.21 bits per heavy atom. The van der Waals surface area contributed by atoms with Gasteiger partial charge in [-0.2, -0.15) is 0 Å². The predicted octanol–water partition coefficient (Wildman–Crippen LogP) is 3.94. The molecule has 0 aliphatic carbocycles. The molecule has 1 N–H and O–H groups in total. The number of hydrogen-bond donors (Lipinski definition) is 1. The van der Waals surface area contributed by atoms with Crippen LogP contribution in [0.25, 0.3) is 0 Å². The second kappa shape index (κ2) is 8.12. The maximum Gasteiger partial charge on any atom is 0.338 e. The molecule has 0 radical (unpaired) electrons. The Hall–Kier alpha value is -3.35. The van der Waals surface area contributed by atoms with E-state index in [1.807, 2.05) is 0 Å². The van der Waals surface area contributed by atoms with E-state index in [0.29, 0.717) is 22.7 Å². The summed E-state index contributed by atoms with van der Waals surface area (Å²) in [5, 5.41) is 2.79. The molecule has 1 atom stereocenters. The zero-order valence-electron chi connectivity index (χ0n) is 15.9. The van der Waals surface area contributed by atoms with Crippen molar-refractivity contribution in [3.63, 3.8) is 0 Å². The number of allylic oxidation sites excluding steroid dienone is 1. The number of benzene rings is 2. The quantitative estimate of drug-likeness (QED) is 0.793. The Balaban J connectivity index is 2.10. The summed E-state index contributed by atoms with van der Waals surface area (Å²) < 4.78 is 24.1. The summed E-state index contributed by atoms with van der Waals surface area (Å²) in [6, 6.07) is 11.4. The van der Waals surface area contributed by atoms with Gasteiger partial charge in [0.05, 0.1) is 31.0 Å². The number of hydrogen-bond acceptors (Lipinski definition) is 4. The molecule has 0 spiro atoms. The van der Waals surface area contributed by atoms with Crippen molar-refractivity contribution in [2.75, 3.05) is 18.6 Å². The van der Waals surface area contributed by atoms with Crippen LogP contribution in [0.3, 0.4) is 0 Å². The molecule has 7 heteroatoms. The van der Waals surface area contributed by atoms with E-state index in [-0.39, 0.29) is 12.2 Å². The number of halogens is 1. The maximum atomic E-state index is 13.7. The number of carbonyl (C=O) groups is 2. The number of nitrogens with zero attached hydrogens (tertiary/aromatic N) is 1. The molecule has 1 aliphatic heterocycles. The lowest BCUT2D eigenvalue weighted by Gasteiger charge is -2.35. The molecule has 0 bridgehead atoms. The molecule has 2 aromatic rings. The zero-order valence-corrected chi connectivity index (χ0v) is 15.9. The van der Waals surface area contributed by atoms with E-state index in [1.54, 1.807) is 51.3 Å². The maximum absolute atomic E-state index is 13.7. The zero-order chi connectivity index (χ0) is 20.3. The van der Waals surface area contributed by atoms with E-state index in [1.165, 1.54) is 23.1 Å². The van der Waals surface area contributed by atoms with Gasteiger partial charge in [0, 0.05) is 5.70 Å². The Bertz CT molecular complexity index is 924. The molecule has 6 nitrogen and oxygen atoms in total. The third-order valence-corrected chi connectivity index (χ3v) is 4.49. The van der Waals surface area contributed by atoms with Crippen LogP contribution in [0, 0.1) is 5.82 Å². The van der Waals surface area contributed by atoms with Gasteiger partial charge in [0.25, 0.3) is 0 Å². The minimum absolute atomic E-state index is 0.183. The second-order valence-electron chi connectivity index (χ2n) is 6.19. The van der Waals surface area contributed by atoms with Crippen molar-refractivity contribution in [2.45, 2.75) is 19.9 Å². The number of ether oxygens (including phenoxy) is 2. The number of methoxy groups -OCH3 is 1. The molecule has 3 rings (SSSR count). The molecule has 146 valence electrons. The fraction of sp³-hybridized carbons (Fsp3) is 0.238. The van der Waals surface area contributed by atoms with E-state index in [0.717, 1.165) is 0 Å². The summed E-state index contributed by atoms with van der Waals surface area (Å²) >= 11 is 0. The Morgan fingerprint density at radius 2 is 1.93 bits per heavy atom. The smallest absolute Gasteiger partial charge is 0.338 e. The van der Waals surface area contributed by atoms with Gasteiger partial charge >= 0.3 is 12.0 Å². The van der Waals surface area contributed by atoms with E-state index < -0.39 is 23.9 Å². The molecule has 28 heavy (non-hydrogen) atoms. The molecule has 2 amide bonds. The number of amides is 2. The van der Waals surface area contributed by atoms with Crippen molar-refractivity contribution >= 4 is 17.7 Å². The molecule has 0 saturated carbocycles. The predicted molar refractivity (Wildman–Crippen MR) is 102 cm³/mol. The highest BCUT2D eigenvalue weighted by atomic mass is 19.1. The van der Waals surface area contributed by atoms with Gasteiger partial charge in [-0.3, -0.25) is 4.90 Å². The minimum atomic E-state index is -0.809. The van der Waals surface area contributed by atoms with Crippen LogP contribution in [-0.4, -0.2) is 25.7 Å². The van der Waals surface area contributed by atoms with Gasteiger partial charge < -0.3 is 14.8 Å². The van der Waals surface area contributed by atoms with Crippen LogP contribution in [0.15, 0.2) is 59.8 Å². The van der Waals surface area contributed by atoms with Crippen molar-refractivity contribution in [2.24, 2.45) is 0 Å². The van der Waals surface area contributed by atoms with Gasteiger partial charge in [-0.25, -0.2) is 14.0 Å². The standard InChI is InChI=1S/C21H21FN2O4/c1-4-28-20(25)18-13(2)24(16-8-10-17(27-3)11-9-16)21(26)23-19(18)14-6-5-7-15(22)12-14/h5-12,19H,4H2,1-3H3,(H,23,26)/t19-/m0/s1. The summed E-state index contributed by atoms with van der Waals surface area (Å²) in [6.07, 6.45) is 0. The largest absolute Gasteiger partial charge is 0.497 e. The van der Waals surface area contributed by atoms with Crippen LogP contribution in [0.4, 0.5) is 14.9 Å². The first kappa shape index (κ1) is 19.4. The van der Waals surface area contributed by atoms with Crippen LogP contribution in [0.2, 0.25) is 0 Å². The molecule has 1 aliphatic rings. The second-order valence-corrected chi connectivity index (χ2v) is 6.19. The average Bonchev–Trinajstić information content (AvgIpc) is 2.68. The fourth-order valence-corrected chi connectivity index (χ4v) is 3.19. The van der Waals surface area contributed by atoms with Crippen molar-refractivity contribution < 1.29 is 23.5 Å². The summed E-state index contributed by atoms with van der Waals surface area (Å²) in [7, 11) is 1.55. The van der Waals surface area contributed by atoms with Crippen molar-refractivity contribution in [1.82, 2.24) is 5.32 Å². The summed E-state index contributed by atoms with van der Waals surface area (Å²) in [5.74, 6) is -0.371. The highest BCUT2D eigenvalue weighted by molar-refractivity contribution is 6.03. The third kappa shape index (κ3) is 3.69. The summed E-state index contributed by atoms with van der Waals surface area (Å²) in [4.78, 5) is 26.9. The normalized spacial score (nSPS) is 16.6. The Kier molecular flexibility index (Phi) is 5.63. The van der Waals surface area contributed by atoms with E-state index in [4.69, 9.17) is 9.47 Å². The number of esters is 1. The monoisotopic (exact) mass is 384 g/mol. The number of nitrogens with one attached hydrogen (secondary N) is 1. The van der Waals surface area contributed by atoms with Gasteiger partial charge in [-0.1, -0.05) is 12.1 Å². The van der Waals surface area contributed by atoms with Crippen LogP contribution in [-0.2, 0) is 9.53 Å². The highest BCUT2D eigenvalue weighted by Crippen LogP contribution is 2.34. The van der Waals surface area contributed by atoms with Crippen LogP contribution in [0.1, 0.15) is 25.5 Å². The first-order chi connectivity index (χ1) is 13.5. The van der Waals surface area contributed by atoms with Crippen molar-refractivity contribution in [3.8, 4) is 5.75 Å². The van der Waals surface area contributed by atoms with Gasteiger partial charge in [0.1, 0.15) is 11.6 Å². The Morgan fingerprint density at radius 3 is 2.54 bits per heavy atom. The van der Waals surface area contributed by atoms with Gasteiger partial charge in [-0.05, 0) is 55.8 Å². The summed E-state index contributed by atoms with van der Waals surface area (Å²) in [6.45, 7) is 3.55. The molecular weight excluding hydrogens is 363 g/mol. The molecule has 2 aromatic carbocycles. The molecule has 1 heterocycles. The van der Waals surface area contributed by atoms with E-state index >= 15 is 0 Å². The van der Waals surface area contributed by atoms with E-state index in [9.17, 15) is 14.0 Å². The molecule has 0 saturated heterocycles. The molecule has 0 unspecified atom stereocenters. The van der Waals surface area contributed by atoms with Crippen LogP contribution in [0.5, 0.6) is 5.75 Å². The fourth-order valence-electron chi connectivity index (χ4n) is 3.19. The molecular formula is C21H21FN2O4. The third-order valence-electron chi connectivity index (χ3n) is 4.49. The lowest BCUT2D eigenvalue weighted by atomic mass is 9.94. The minimum Gasteiger partial charge on any atom is -0.497 e. The van der Waals surface area contributed by atoms with Gasteiger partial charge in [-0.15, -0.1) is 0 Å². The highest BCUT2D eigenvalue weighted by Gasteiger charge is 2.37. The average molecular weight is 384 g/mol. The number of carbonyl (C=O) groups excluding carboxylic acids is 2. The number of rotatable bonds is 5. The van der Waals surface area contributed by atoms with Crippen LogP contribution < -0.4 is 15.0 Å². The molecule has 0 fully saturated rings. The van der Waals surface area contributed by atoms with Gasteiger partial charge in [0.2, 0.25) is 0 Å². The van der Waals surface area contributed by atoms with Crippen LogP contribution >= 0.6 is 0 Å². The SMILES string of the molecule is CCOC(=O)C1=C(C)N(c2ccc(OC)cc2)C(=O)N[C@H]1c1cccc(F)c1. The van der Waals surface area contributed by atoms with Crippen molar-refractivity contribution in [3.05, 3.63) is 71.2 Å². The summed E-state index contributed by atoms with van der Waals surface area (Å²) in [5.41, 5.74) is 1.70. The number of urea groups is 1. The number of anilines is 1. The van der Waals surface area contributed by atoms with Crippen molar-refractivity contribution in [1.29, 1.82) is 0 Å².